The van der Waals surface area contributed by atoms with E-state index in [1.807, 2.05) is 30.9 Å². The van der Waals surface area contributed by atoms with Gasteiger partial charge in [-0.1, -0.05) is 6.07 Å². The fraction of sp³-hybridized carbons (Fsp3) is 0.588. The molecule has 2 amide bonds. The van der Waals surface area contributed by atoms with E-state index in [0.717, 1.165) is 24.3 Å². The third-order valence-electron chi connectivity index (χ3n) is 4.80. The van der Waals surface area contributed by atoms with E-state index < -0.39 is 0 Å². The van der Waals surface area contributed by atoms with E-state index in [0.29, 0.717) is 19.6 Å². The lowest BCUT2D eigenvalue weighted by molar-refractivity contribution is 0.157. The summed E-state index contributed by atoms with van der Waals surface area (Å²) < 4.78 is 10.9. The van der Waals surface area contributed by atoms with Crippen molar-refractivity contribution in [1.29, 1.82) is 0 Å². The monoisotopic (exact) mass is 319 g/mol. The number of nitrogens with two attached hydrogens (primary N) is 1. The zero-order chi connectivity index (χ0) is 16.4. The zero-order valence-electron chi connectivity index (χ0n) is 13.8. The lowest BCUT2D eigenvalue weighted by Crippen LogP contribution is -2.52. The largest absolute Gasteiger partial charge is 0.454 e. The molecule has 2 aliphatic heterocycles. The standard InChI is InChI=1S/C17H25N3O3/c1-12(2)19-16(21)20-7-5-17(10-18,6-8-20)13-3-4-14-15(9-13)23-11-22-14/h3-4,9,12H,5-8,10-11,18H2,1-2H3,(H,19,21). The smallest absolute Gasteiger partial charge is 0.317 e. The maximum atomic E-state index is 12.1. The lowest BCUT2D eigenvalue weighted by Gasteiger charge is -2.41. The topological polar surface area (TPSA) is 76.8 Å². The number of carbonyl (C=O) groups is 1. The second-order valence-corrected chi connectivity index (χ2v) is 6.64. The summed E-state index contributed by atoms with van der Waals surface area (Å²) in [4.78, 5) is 14.0. The number of likely N-dealkylation sites (tertiary alicyclic amines) is 1. The van der Waals surface area contributed by atoms with Gasteiger partial charge >= 0.3 is 6.03 Å². The summed E-state index contributed by atoms with van der Waals surface area (Å²) in [6, 6.07) is 6.23. The van der Waals surface area contributed by atoms with Crippen LogP contribution < -0.4 is 20.5 Å². The van der Waals surface area contributed by atoms with Gasteiger partial charge in [0, 0.05) is 31.1 Å². The Morgan fingerprint density at radius 3 is 2.65 bits per heavy atom. The molecule has 6 nitrogen and oxygen atoms in total. The molecule has 0 atom stereocenters. The molecule has 0 bridgehead atoms. The first kappa shape index (κ1) is 15.9. The fourth-order valence-corrected chi connectivity index (χ4v) is 3.31. The second-order valence-electron chi connectivity index (χ2n) is 6.64. The van der Waals surface area contributed by atoms with Crippen LogP contribution in [-0.4, -0.2) is 43.4 Å². The Labute approximate surface area is 136 Å². The number of nitrogens with zero attached hydrogens (tertiary/aromatic N) is 1. The van der Waals surface area contributed by atoms with Crippen molar-refractivity contribution in [3.05, 3.63) is 23.8 Å². The Balaban J connectivity index is 1.73. The quantitative estimate of drug-likeness (QED) is 0.891. The van der Waals surface area contributed by atoms with Crippen molar-refractivity contribution in [2.24, 2.45) is 5.73 Å². The Hall–Kier alpha value is -1.95. The predicted octanol–water partition coefficient (Wildman–Crippen LogP) is 1.83. The van der Waals surface area contributed by atoms with Crippen molar-refractivity contribution >= 4 is 6.03 Å². The van der Waals surface area contributed by atoms with Gasteiger partial charge in [-0.3, -0.25) is 0 Å². The third kappa shape index (κ3) is 3.08. The minimum atomic E-state index is -0.102. The Kier molecular flexibility index (Phi) is 4.35. The Morgan fingerprint density at radius 1 is 1.30 bits per heavy atom. The molecular weight excluding hydrogens is 294 g/mol. The van der Waals surface area contributed by atoms with Crippen LogP contribution in [0.5, 0.6) is 11.5 Å². The third-order valence-corrected chi connectivity index (χ3v) is 4.80. The summed E-state index contributed by atoms with van der Waals surface area (Å²) in [5, 5.41) is 2.95. The van der Waals surface area contributed by atoms with Gasteiger partial charge in [0.15, 0.2) is 11.5 Å². The van der Waals surface area contributed by atoms with Gasteiger partial charge in [0.25, 0.3) is 0 Å². The van der Waals surface area contributed by atoms with Gasteiger partial charge in [0.2, 0.25) is 6.79 Å². The number of fused-ring (bicyclic) bond motifs is 1. The molecule has 0 radical (unpaired) electrons. The number of benzene rings is 1. The molecular formula is C17H25N3O3. The van der Waals surface area contributed by atoms with Crippen LogP contribution in [0.4, 0.5) is 4.79 Å². The van der Waals surface area contributed by atoms with Gasteiger partial charge < -0.3 is 25.4 Å². The van der Waals surface area contributed by atoms with Gasteiger partial charge in [-0.05, 0) is 44.4 Å². The van der Waals surface area contributed by atoms with Crippen LogP contribution in [0, 0.1) is 0 Å². The number of amides is 2. The van der Waals surface area contributed by atoms with Gasteiger partial charge in [0.05, 0.1) is 0 Å². The summed E-state index contributed by atoms with van der Waals surface area (Å²) in [7, 11) is 0. The summed E-state index contributed by atoms with van der Waals surface area (Å²) in [6.45, 7) is 6.20. The number of hydrogen-bond acceptors (Lipinski definition) is 4. The minimum absolute atomic E-state index is 0.0105. The van der Waals surface area contributed by atoms with E-state index in [1.165, 1.54) is 5.56 Å². The second kappa shape index (κ2) is 6.28. The highest BCUT2D eigenvalue weighted by Gasteiger charge is 2.37. The first-order valence-electron chi connectivity index (χ1n) is 8.20. The van der Waals surface area contributed by atoms with E-state index in [4.69, 9.17) is 15.2 Å². The molecule has 3 N–H and O–H groups in total. The van der Waals surface area contributed by atoms with Crippen LogP contribution in [0.25, 0.3) is 0 Å². The number of hydrogen-bond donors (Lipinski definition) is 2. The lowest BCUT2D eigenvalue weighted by atomic mass is 9.73. The summed E-state index contributed by atoms with van der Waals surface area (Å²) in [5.41, 5.74) is 7.20. The average Bonchev–Trinajstić information content (AvgIpc) is 3.02. The van der Waals surface area contributed by atoms with E-state index >= 15 is 0 Å². The van der Waals surface area contributed by atoms with Crippen LogP contribution in [0.15, 0.2) is 18.2 Å². The molecule has 0 unspecified atom stereocenters. The zero-order valence-corrected chi connectivity index (χ0v) is 13.8. The van der Waals surface area contributed by atoms with Crippen molar-refractivity contribution in [2.75, 3.05) is 26.4 Å². The number of rotatable bonds is 3. The number of urea groups is 1. The molecule has 0 saturated carbocycles. The van der Waals surface area contributed by atoms with Crippen LogP contribution in [0.1, 0.15) is 32.3 Å². The van der Waals surface area contributed by atoms with Crippen molar-refractivity contribution in [3.63, 3.8) is 0 Å². The summed E-state index contributed by atoms with van der Waals surface area (Å²) >= 11 is 0. The molecule has 0 spiro atoms. The Morgan fingerprint density at radius 2 is 2.00 bits per heavy atom. The molecule has 2 aliphatic rings. The molecule has 1 saturated heterocycles. The molecule has 1 fully saturated rings. The van der Waals surface area contributed by atoms with Crippen LogP contribution >= 0.6 is 0 Å². The first-order chi connectivity index (χ1) is 11.0. The average molecular weight is 319 g/mol. The van der Waals surface area contributed by atoms with E-state index in [2.05, 4.69) is 11.4 Å². The predicted molar refractivity (Wildman–Crippen MR) is 87.8 cm³/mol. The molecule has 0 aromatic heterocycles. The van der Waals surface area contributed by atoms with Crippen molar-refractivity contribution < 1.29 is 14.3 Å². The van der Waals surface area contributed by atoms with Crippen molar-refractivity contribution in [1.82, 2.24) is 10.2 Å². The van der Waals surface area contributed by atoms with E-state index in [1.54, 1.807) is 0 Å². The van der Waals surface area contributed by atoms with Gasteiger partial charge in [-0.2, -0.15) is 0 Å². The molecule has 23 heavy (non-hydrogen) atoms. The van der Waals surface area contributed by atoms with Gasteiger partial charge in [-0.15, -0.1) is 0 Å². The summed E-state index contributed by atoms with van der Waals surface area (Å²) in [6.07, 6.45) is 1.71. The molecule has 3 rings (SSSR count). The SMILES string of the molecule is CC(C)NC(=O)N1CCC(CN)(c2ccc3c(c2)OCO3)CC1. The highest BCUT2D eigenvalue weighted by molar-refractivity contribution is 5.74. The summed E-state index contributed by atoms with van der Waals surface area (Å²) in [5.74, 6) is 1.57. The molecule has 0 aliphatic carbocycles. The number of nitrogens with one attached hydrogen (secondary N) is 1. The molecule has 2 heterocycles. The van der Waals surface area contributed by atoms with Gasteiger partial charge in [-0.25, -0.2) is 4.79 Å². The maximum absolute atomic E-state index is 12.1. The number of carbonyl (C=O) groups excluding carboxylic acids is 1. The van der Waals surface area contributed by atoms with Crippen LogP contribution in [0.3, 0.4) is 0 Å². The van der Waals surface area contributed by atoms with E-state index in [9.17, 15) is 4.79 Å². The normalized spacial score (nSPS) is 19.0. The molecule has 6 heteroatoms. The van der Waals surface area contributed by atoms with Crippen LogP contribution in [-0.2, 0) is 5.41 Å². The van der Waals surface area contributed by atoms with Gasteiger partial charge in [0.1, 0.15) is 0 Å². The molecule has 126 valence electrons. The van der Waals surface area contributed by atoms with E-state index in [-0.39, 0.29) is 24.3 Å². The Bertz CT molecular complexity index is 580. The minimum Gasteiger partial charge on any atom is -0.454 e. The fourth-order valence-electron chi connectivity index (χ4n) is 3.31. The molecule has 1 aromatic rings. The first-order valence-corrected chi connectivity index (χ1v) is 8.20. The molecule has 1 aromatic carbocycles. The van der Waals surface area contributed by atoms with Crippen molar-refractivity contribution in [2.45, 2.75) is 38.1 Å². The van der Waals surface area contributed by atoms with Crippen LogP contribution in [0.2, 0.25) is 0 Å². The highest BCUT2D eigenvalue weighted by atomic mass is 16.7. The number of ether oxygens (including phenoxy) is 2. The van der Waals surface area contributed by atoms with Crippen molar-refractivity contribution in [3.8, 4) is 11.5 Å². The maximum Gasteiger partial charge on any atom is 0.317 e. The highest BCUT2D eigenvalue weighted by Crippen LogP contribution is 2.40. The number of piperidine rings is 1.